The monoisotopic (exact) mass is 282 g/mol. The van der Waals surface area contributed by atoms with Crippen molar-refractivity contribution in [3.8, 4) is 0 Å². The van der Waals surface area contributed by atoms with Gasteiger partial charge in [-0.25, -0.2) is 0 Å². The molecule has 1 aromatic heterocycles. The molecule has 0 bridgehead atoms. The summed E-state index contributed by atoms with van der Waals surface area (Å²) in [6, 6.07) is 9.36. The van der Waals surface area contributed by atoms with Gasteiger partial charge in [-0.1, -0.05) is 18.2 Å². The number of hydrogen-bond donors (Lipinski definition) is 1. The molecule has 1 aromatic carbocycles. The van der Waals surface area contributed by atoms with Gasteiger partial charge in [-0.15, -0.1) is 23.7 Å². The van der Waals surface area contributed by atoms with Gasteiger partial charge in [0, 0.05) is 36.9 Å². The number of fused-ring (bicyclic) bond motifs is 1. The number of benzene rings is 1. The van der Waals surface area contributed by atoms with Crippen molar-refractivity contribution in [1.29, 1.82) is 0 Å². The van der Waals surface area contributed by atoms with Crippen molar-refractivity contribution in [2.75, 3.05) is 19.6 Å². The van der Waals surface area contributed by atoms with Gasteiger partial charge in [0.15, 0.2) is 0 Å². The molecule has 0 amide bonds. The van der Waals surface area contributed by atoms with Gasteiger partial charge in [0.2, 0.25) is 0 Å². The van der Waals surface area contributed by atoms with Crippen LogP contribution in [-0.4, -0.2) is 30.6 Å². The Morgan fingerprint density at radius 1 is 1.39 bits per heavy atom. The second-order valence-corrected chi connectivity index (χ2v) is 5.69. The second-order valence-electron chi connectivity index (χ2n) is 4.78. The third-order valence-electron chi connectivity index (χ3n) is 3.57. The molecule has 98 valence electrons. The standard InChI is InChI=1S/C14H18N2S.ClH/c1-11-8-15-6-7-16(11)9-12-10-17-14-5-3-2-4-13(12)14;/h2-5,10-11,15H,6-9H2,1H3;1H/t11-;/m0./s1. The molecule has 0 spiro atoms. The van der Waals surface area contributed by atoms with E-state index in [1.165, 1.54) is 15.6 Å². The van der Waals surface area contributed by atoms with Gasteiger partial charge in [-0.2, -0.15) is 0 Å². The van der Waals surface area contributed by atoms with E-state index in [1.807, 2.05) is 11.3 Å². The lowest BCUT2D eigenvalue weighted by Crippen LogP contribution is -2.49. The molecule has 2 aromatic rings. The fourth-order valence-corrected chi connectivity index (χ4v) is 3.45. The molecular formula is C14H19ClN2S. The fourth-order valence-electron chi connectivity index (χ4n) is 2.49. The topological polar surface area (TPSA) is 15.3 Å². The average Bonchev–Trinajstić information content (AvgIpc) is 2.76. The zero-order valence-corrected chi connectivity index (χ0v) is 12.2. The highest BCUT2D eigenvalue weighted by atomic mass is 35.5. The van der Waals surface area contributed by atoms with Crippen LogP contribution >= 0.6 is 23.7 Å². The van der Waals surface area contributed by atoms with Crippen molar-refractivity contribution in [1.82, 2.24) is 10.2 Å². The molecule has 0 aliphatic carbocycles. The highest BCUT2D eigenvalue weighted by Crippen LogP contribution is 2.27. The summed E-state index contributed by atoms with van der Waals surface area (Å²) < 4.78 is 1.41. The lowest BCUT2D eigenvalue weighted by Gasteiger charge is -2.33. The molecule has 0 radical (unpaired) electrons. The maximum Gasteiger partial charge on any atom is 0.0346 e. The highest BCUT2D eigenvalue weighted by Gasteiger charge is 2.18. The van der Waals surface area contributed by atoms with Crippen molar-refractivity contribution in [2.24, 2.45) is 0 Å². The van der Waals surface area contributed by atoms with E-state index in [0.717, 1.165) is 26.2 Å². The quantitative estimate of drug-likeness (QED) is 0.910. The SMILES string of the molecule is C[C@H]1CNCCN1Cc1csc2ccccc12.Cl. The van der Waals surface area contributed by atoms with Crippen LogP contribution in [0, 0.1) is 0 Å². The minimum absolute atomic E-state index is 0. The molecule has 2 heterocycles. The number of nitrogens with zero attached hydrogens (tertiary/aromatic N) is 1. The summed E-state index contributed by atoms with van der Waals surface area (Å²) in [5, 5.41) is 7.19. The Balaban J connectivity index is 0.00000120. The molecule has 1 aliphatic heterocycles. The van der Waals surface area contributed by atoms with Crippen LogP contribution < -0.4 is 5.32 Å². The molecule has 0 saturated carbocycles. The Kier molecular flexibility index (Phi) is 4.62. The van der Waals surface area contributed by atoms with Crippen LogP contribution in [-0.2, 0) is 6.54 Å². The van der Waals surface area contributed by atoms with Crippen LogP contribution in [0.1, 0.15) is 12.5 Å². The summed E-state index contributed by atoms with van der Waals surface area (Å²) in [6.45, 7) is 6.79. The van der Waals surface area contributed by atoms with Gasteiger partial charge in [0.1, 0.15) is 0 Å². The number of halogens is 1. The molecule has 3 rings (SSSR count). The molecule has 1 atom stereocenters. The normalized spacial score (nSPS) is 20.8. The van der Waals surface area contributed by atoms with Crippen LogP contribution in [0.25, 0.3) is 10.1 Å². The largest absolute Gasteiger partial charge is 0.314 e. The zero-order valence-electron chi connectivity index (χ0n) is 10.6. The number of piperazine rings is 1. The summed E-state index contributed by atoms with van der Waals surface area (Å²) in [5.41, 5.74) is 1.49. The van der Waals surface area contributed by atoms with Crippen LogP contribution in [0.3, 0.4) is 0 Å². The Morgan fingerprint density at radius 2 is 2.22 bits per heavy atom. The van der Waals surface area contributed by atoms with Crippen molar-refractivity contribution >= 4 is 33.8 Å². The highest BCUT2D eigenvalue weighted by molar-refractivity contribution is 7.17. The first-order chi connectivity index (χ1) is 8.34. The van der Waals surface area contributed by atoms with E-state index in [9.17, 15) is 0 Å². The van der Waals surface area contributed by atoms with Crippen molar-refractivity contribution in [3.63, 3.8) is 0 Å². The van der Waals surface area contributed by atoms with Gasteiger partial charge < -0.3 is 5.32 Å². The Bertz CT molecular complexity index is 511. The van der Waals surface area contributed by atoms with Crippen molar-refractivity contribution < 1.29 is 0 Å². The number of thiophene rings is 1. The van der Waals surface area contributed by atoms with E-state index in [2.05, 4.69) is 46.8 Å². The van der Waals surface area contributed by atoms with Crippen LogP contribution in [0.5, 0.6) is 0 Å². The van der Waals surface area contributed by atoms with E-state index in [1.54, 1.807) is 0 Å². The molecule has 18 heavy (non-hydrogen) atoms. The lowest BCUT2D eigenvalue weighted by molar-refractivity contribution is 0.166. The molecule has 2 nitrogen and oxygen atoms in total. The summed E-state index contributed by atoms with van der Waals surface area (Å²) in [6.07, 6.45) is 0. The van der Waals surface area contributed by atoms with Gasteiger partial charge in [-0.3, -0.25) is 4.90 Å². The van der Waals surface area contributed by atoms with E-state index < -0.39 is 0 Å². The Labute approximate surface area is 118 Å². The molecule has 1 saturated heterocycles. The number of nitrogens with one attached hydrogen (secondary N) is 1. The molecule has 1 fully saturated rings. The predicted octanol–water partition coefficient (Wildman–Crippen LogP) is 3.12. The molecule has 1 N–H and O–H groups in total. The van der Waals surface area contributed by atoms with Gasteiger partial charge >= 0.3 is 0 Å². The molecular weight excluding hydrogens is 264 g/mol. The second kappa shape index (κ2) is 6.02. The first-order valence-corrected chi connectivity index (χ1v) is 7.12. The fraction of sp³-hybridized carbons (Fsp3) is 0.429. The summed E-state index contributed by atoms with van der Waals surface area (Å²) in [4.78, 5) is 2.57. The van der Waals surface area contributed by atoms with Crippen LogP contribution in [0.2, 0.25) is 0 Å². The van der Waals surface area contributed by atoms with E-state index in [0.29, 0.717) is 6.04 Å². The van der Waals surface area contributed by atoms with E-state index in [-0.39, 0.29) is 12.4 Å². The minimum Gasteiger partial charge on any atom is -0.314 e. The maximum atomic E-state index is 3.44. The van der Waals surface area contributed by atoms with E-state index in [4.69, 9.17) is 0 Å². The third-order valence-corrected chi connectivity index (χ3v) is 4.59. The molecule has 4 heteroatoms. The smallest absolute Gasteiger partial charge is 0.0346 e. The summed E-state index contributed by atoms with van der Waals surface area (Å²) >= 11 is 1.86. The van der Waals surface area contributed by atoms with E-state index >= 15 is 0 Å². The first kappa shape index (κ1) is 13.8. The van der Waals surface area contributed by atoms with Crippen LogP contribution in [0.4, 0.5) is 0 Å². The van der Waals surface area contributed by atoms with Crippen molar-refractivity contribution in [2.45, 2.75) is 19.5 Å². The predicted molar refractivity (Wildman–Crippen MR) is 81.8 cm³/mol. The Morgan fingerprint density at radius 3 is 3.06 bits per heavy atom. The van der Waals surface area contributed by atoms with Gasteiger partial charge in [0.25, 0.3) is 0 Å². The zero-order chi connectivity index (χ0) is 11.7. The van der Waals surface area contributed by atoms with Crippen molar-refractivity contribution in [3.05, 3.63) is 35.2 Å². The maximum absolute atomic E-state index is 3.44. The Hall–Kier alpha value is -0.610. The summed E-state index contributed by atoms with van der Waals surface area (Å²) in [7, 11) is 0. The van der Waals surface area contributed by atoms with Gasteiger partial charge in [0.05, 0.1) is 0 Å². The average molecular weight is 283 g/mol. The van der Waals surface area contributed by atoms with Crippen LogP contribution in [0.15, 0.2) is 29.6 Å². The lowest BCUT2D eigenvalue weighted by atomic mass is 10.1. The summed E-state index contributed by atoms with van der Waals surface area (Å²) in [5.74, 6) is 0. The first-order valence-electron chi connectivity index (χ1n) is 6.24. The third kappa shape index (κ3) is 2.69. The number of rotatable bonds is 2. The molecule has 1 aliphatic rings. The van der Waals surface area contributed by atoms with Gasteiger partial charge in [-0.05, 0) is 29.3 Å². The minimum atomic E-state index is 0. The molecule has 0 unspecified atom stereocenters. The number of hydrogen-bond acceptors (Lipinski definition) is 3.